The summed E-state index contributed by atoms with van der Waals surface area (Å²) in [7, 11) is 0. The predicted octanol–water partition coefficient (Wildman–Crippen LogP) is 4.72. The molecule has 0 unspecified atom stereocenters. The summed E-state index contributed by atoms with van der Waals surface area (Å²) in [5.74, 6) is -1.26. The fourth-order valence-electron chi connectivity index (χ4n) is 3.64. The number of aryl methyl sites for hydroxylation is 2. The Morgan fingerprint density at radius 3 is 2.43 bits per heavy atom. The second-order valence-electron chi connectivity index (χ2n) is 6.75. The van der Waals surface area contributed by atoms with Crippen LogP contribution in [0.4, 0.5) is 0 Å². The van der Waals surface area contributed by atoms with Gasteiger partial charge in [0.2, 0.25) is 5.91 Å². The predicted molar refractivity (Wildman–Crippen MR) is 109 cm³/mol. The third-order valence-corrected chi connectivity index (χ3v) is 4.99. The SMILES string of the molecule is CCc1cc2c3ccccc3n(C(=O)CCc3ccccc3)c2c(C(=O)O)n1. The van der Waals surface area contributed by atoms with Gasteiger partial charge in [-0.25, -0.2) is 9.78 Å². The topological polar surface area (TPSA) is 72.2 Å². The summed E-state index contributed by atoms with van der Waals surface area (Å²) in [6.45, 7) is 1.93. The van der Waals surface area contributed by atoms with E-state index in [1.54, 1.807) is 0 Å². The number of hydrogen-bond donors (Lipinski definition) is 1. The summed E-state index contributed by atoms with van der Waals surface area (Å²) in [5.41, 5.74) is 2.79. The molecule has 0 aliphatic rings. The minimum absolute atomic E-state index is 0.0707. The summed E-state index contributed by atoms with van der Waals surface area (Å²) < 4.78 is 1.53. The van der Waals surface area contributed by atoms with Crippen molar-refractivity contribution in [3.63, 3.8) is 0 Å². The first-order valence-electron chi connectivity index (χ1n) is 9.33. The van der Waals surface area contributed by atoms with Crippen molar-refractivity contribution in [2.45, 2.75) is 26.2 Å². The molecular weight excluding hydrogens is 352 g/mol. The third-order valence-electron chi connectivity index (χ3n) is 4.99. The fourth-order valence-corrected chi connectivity index (χ4v) is 3.64. The normalized spacial score (nSPS) is 11.2. The Kier molecular flexibility index (Phi) is 4.65. The van der Waals surface area contributed by atoms with Crippen LogP contribution in [0.1, 0.15) is 39.9 Å². The summed E-state index contributed by atoms with van der Waals surface area (Å²) in [6.07, 6.45) is 1.50. The standard InChI is InChI=1S/C23H20N2O3/c1-2-16-14-18-17-10-6-7-11-19(17)25(22(18)21(24-16)23(27)28)20(26)13-12-15-8-4-3-5-9-15/h3-11,14H,2,12-13H2,1H3,(H,27,28). The van der Waals surface area contributed by atoms with Crippen molar-refractivity contribution in [2.75, 3.05) is 0 Å². The number of nitrogens with zero attached hydrogens (tertiary/aromatic N) is 2. The van der Waals surface area contributed by atoms with Gasteiger partial charge in [0.1, 0.15) is 0 Å². The van der Waals surface area contributed by atoms with E-state index in [0.29, 0.717) is 29.6 Å². The molecule has 0 bridgehead atoms. The van der Waals surface area contributed by atoms with Crippen LogP contribution in [0, 0.1) is 0 Å². The zero-order valence-electron chi connectivity index (χ0n) is 15.6. The lowest BCUT2D eigenvalue weighted by Gasteiger charge is -2.09. The van der Waals surface area contributed by atoms with Crippen LogP contribution in [0.15, 0.2) is 60.7 Å². The maximum absolute atomic E-state index is 13.2. The molecule has 0 amide bonds. The first kappa shape index (κ1) is 17.9. The highest BCUT2D eigenvalue weighted by Crippen LogP contribution is 2.32. The number of carboxylic acid groups (broad SMARTS) is 1. The molecule has 0 atom stereocenters. The van der Waals surface area contributed by atoms with Gasteiger partial charge in [0, 0.05) is 22.9 Å². The number of pyridine rings is 1. The Balaban J connectivity index is 1.90. The number of rotatable bonds is 5. The van der Waals surface area contributed by atoms with Crippen molar-refractivity contribution in [3.8, 4) is 0 Å². The summed E-state index contributed by atoms with van der Waals surface area (Å²) >= 11 is 0. The number of fused-ring (bicyclic) bond motifs is 3. The van der Waals surface area contributed by atoms with E-state index < -0.39 is 5.97 Å². The van der Waals surface area contributed by atoms with Gasteiger partial charge >= 0.3 is 5.97 Å². The van der Waals surface area contributed by atoms with Crippen molar-refractivity contribution in [3.05, 3.63) is 77.6 Å². The summed E-state index contributed by atoms with van der Waals surface area (Å²) in [6, 6.07) is 19.2. The zero-order chi connectivity index (χ0) is 19.7. The minimum atomic E-state index is -1.12. The molecule has 4 aromatic rings. The average molecular weight is 372 g/mol. The smallest absolute Gasteiger partial charge is 0.356 e. The van der Waals surface area contributed by atoms with Gasteiger partial charge in [0.25, 0.3) is 0 Å². The number of carbonyl (C=O) groups excluding carboxylic acids is 1. The van der Waals surface area contributed by atoms with Crippen molar-refractivity contribution in [2.24, 2.45) is 0 Å². The Morgan fingerprint density at radius 1 is 1.00 bits per heavy atom. The van der Waals surface area contributed by atoms with Gasteiger partial charge in [0.15, 0.2) is 5.69 Å². The average Bonchev–Trinajstić information content (AvgIpc) is 3.06. The Hall–Kier alpha value is -3.47. The maximum Gasteiger partial charge on any atom is 0.356 e. The molecule has 0 spiro atoms. The van der Waals surface area contributed by atoms with Crippen LogP contribution in [0.25, 0.3) is 21.8 Å². The first-order chi connectivity index (χ1) is 13.6. The highest BCUT2D eigenvalue weighted by Gasteiger charge is 2.23. The second-order valence-corrected chi connectivity index (χ2v) is 6.75. The highest BCUT2D eigenvalue weighted by atomic mass is 16.4. The molecule has 5 nitrogen and oxygen atoms in total. The van der Waals surface area contributed by atoms with Crippen molar-refractivity contribution in [1.29, 1.82) is 0 Å². The van der Waals surface area contributed by atoms with E-state index in [1.807, 2.05) is 67.6 Å². The lowest BCUT2D eigenvalue weighted by Crippen LogP contribution is -2.14. The van der Waals surface area contributed by atoms with E-state index in [-0.39, 0.29) is 18.0 Å². The molecular formula is C23H20N2O3. The largest absolute Gasteiger partial charge is 0.476 e. The summed E-state index contributed by atoms with van der Waals surface area (Å²) in [4.78, 5) is 29.4. The number of aromatic nitrogens is 2. The van der Waals surface area contributed by atoms with Crippen LogP contribution in [0.3, 0.4) is 0 Å². The molecule has 2 aromatic heterocycles. The van der Waals surface area contributed by atoms with Gasteiger partial charge < -0.3 is 5.11 Å². The molecule has 0 aliphatic heterocycles. The molecule has 4 rings (SSSR count). The molecule has 5 heteroatoms. The van der Waals surface area contributed by atoms with Gasteiger partial charge in [-0.1, -0.05) is 55.5 Å². The van der Waals surface area contributed by atoms with Crippen LogP contribution in [0.2, 0.25) is 0 Å². The number of carboxylic acids is 1. The lowest BCUT2D eigenvalue weighted by molar-refractivity contribution is 0.0692. The molecule has 2 aromatic carbocycles. The van der Waals surface area contributed by atoms with Crippen LogP contribution in [-0.2, 0) is 12.8 Å². The molecule has 0 radical (unpaired) electrons. The van der Waals surface area contributed by atoms with Gasteiger partial charge in [-0.3, -0.25) is 9.36 Å². The number of benzene rings is 2. The Morgan fingerprint density at radius 2 is 1.71 bits per heavy atom. The van der Waals surface area contributed by atoms with Gasteiger partial charge in [0.05, 0.1) is 11.0 Å². The fraction of sp³-hybridized carbons (Fsp3) is 0.174. The van der Waals surface area contributed by atoms with Gasteiger partial charge in [-0.05, 0) is 30.5 Å². The van der Waals surface area contributed by atoms with Gasteiger partial charge in [-0.2, -0.15) is 0 Å². The van der Waals surface area contributed by atoms with Gasteiger partial charge in [-0.15, -0.1) is 0 Å². The zero-order valence-corrected chi connectivity index (χ0v) is 15.6. The Labute approximate surface area is 162 Å². The molecule has 0 aliphatic carbocycles. The number of hydrogen-bond acceptors (Lipinski definition) is 3. The number of carbonyl (C=O) groups is 2. The van der Waals surface area contributed by atoms with Crippen molar-refractivity contribution >= 4 is 33.7 Å². The first-order valence-corrected chi connectivity index (χ1v) is 9.33. The highest BCUT2D eigenvalue weighted by molar-refractivity contribution is 6.17. The molecule has 28 heavy (non-hydrogen) atoms. The van der Waals surface area contributed by atoms with E-state index >= 15 is 0 Å². The van der Waals surface area contributed by atoms with E-state index in [1.165, 1.54) is 4.57 Å². The van der Waals surface area contributed by atoms with Crippen molar-refractivity contribution < 1.29 is 14.7 Å². The molecule has 0 saturated carbocycles. The van der Waals surface area contributed by atoms with Crippen LogP contribution >= 0.6 is 0 Å². The van der Waals surface area contributed by atoms with Crippen LogP contribution in [0.5, 0.6) is 0 Å². The molecule has 2 heterocycles. The number of para-hydroxylation sites is 1. The summed E-state index contributed by atoms with van der Waals surface area (Å²) in [5, 5.41) is 11.4. The lowest BCUT2D eigenvalue weighted by atomic mass is 10.1. The van der Waals surface area contributed by atoms with E-state index in [2.05, 4.69) is 4.98 Å². The quantitative estimate of drug-likeness (QED) is 0.550. The van der Waals surface area contributed by atoms with E-state index in [0.717, 1.165) is 16.3 Å². The minimum Gasteiger partial charge on any atom is -0.476 e. The van der Waals surface area contributed by atoms with Crippen LogP contribution in [-0.4, -0.2) is 26.5 Å². The third kappa shape index (κ3) is 3.05. The molecule has 140 valence electrons. The molecule has 0 fully saturated rings. The molecule has 1 N–H and O–H groups in total. The van der Waals surface area contributed by atoms with E-state index in [4.69, 9.17) is 0 Å². The second kappa shape index (κ2) is 7.27. The molecule has 0 saturated heterocycles. The monoisotopic (exact) mass is 372 g/mol. The van der Waals surface area contributed by atoms with Crippen molar-refractivity contribution in [1.82, 2.24) is 9.55 Å². The Bertz CT molecular complexity index is 1190. The number of aromatic carboxylic acids is 1. The maximum atomic E-state index is 13.2. The van der Waals surface area contributed by atoms with Crippen LogP contribution < -0.4 is 0 Å². The van der Waals surface area contributed by atoms with E-state index in [9.17, 15) is 14.7 Å².